The second-order valence-corrected chi connectivity index (χ2v) is 9.11. The zero-order valence-electron chi connectivity index (χ0n) is 19.4. The Kier molecular flexibility index (Phi) is 6.24. The number of nitrogen functional groups attached to an aromatic ring is 1. The largest absolute Gasteiger partial charge is 0.495 e. The summed E-state index contributed by atoms with van der Waals surface area (Å²) in [5.74, 6) is 1.51. The van der Waals surface area contributed by atoms with Crippen LogP contribution in [0.3, 0.4) is 0 Å². The lowest BCUT2D eigenvalue weighted by molar-refractivity contribution is 0.0101. The number of rotatable bonds is 6. The van der Waals surface area contributed by atoms with Gasteiger partial charge in [-0.3, -0.25) is 9.80 Å². The highest BCUT2D eigenvalue weighted by Crippen LogP contribution is 2.39. The van der Waals surface area contributed by atoms with Gasteiger partial charge in [-0.1, -0.05) is 47.1 Å². The molecule has 0 aliphatic carbocycles. The van der Waals surface area contributed by atoms with Gasteiger partial charge in [0.25, 0.3) is 0 Å². The smallest absolute Gasteiger partial charge is 0.151 e. The third-order valence-corrected chi connectivity index (χ3v) is 6.70. The van der Waals surface area contributed by atoms with Crippen molar-refractivity contribution in [3.05, 3.63) is 59.2 Å². The van der Waals surface area contributed by atoms with Crippen LogP contribution in [0.1, 0.15) is 18.1 Å². The van der Waals surface area contributed by atoms with Crippen LogP contribution in [0.25, 0.3) is 6.08 Å². The standard InChI is InChI=1S/C26H32N4O3/c1-18(12-19-6-4-3-5-7-19)15-29-8-10-30(11-9-29)16-25-21-17-32-23-14-22(27)24(31-2)13-20(23)26(21)28-33-25/h3-7,12-14,21,25H,8-11,15-17,27H2,1-2H3/b18-12+. The predicted octanol–water partition coefficient (Wildman–Crippen LogP) is 3.11. The Morgan fingerprint density at radius 1 is 1.15 bits per heavy atom. The lowest BCUT2D eigenvalue weighted by Crippen LogP contribution is -2.50. The molecule has 3 aliphatic heterocycles. The van der Waals surface area contributed by atoms with Gasteiger partial charge in [0.2, 0.25) is 0 Å². The van der Waals surface area contributed by atoms with Gasteiger partial charge in [0, 0.05) is 50.9 Å². The van der Waals surface area contributed by atoms with Crippen molar-refractivity contribution in [2.45, 2.75) is 13.0 Å². The van der Waals surface area contributed by atoms with E-state index in [0.29, 0.717) is 18.0 Å². The van der Waals surface area contributed by atoms with Crippen molar-refractivity contribution in [1.82, 2.24) is 9.80 Å². The highest BCUT2D eigenvalue weighted by Gasteiger charge is 2.41. The van der Waals surface area contributed by atoms with Crippen LogP contribution in [0, 0.1) is 5.92 Å². The molecule has 7 heteroatoms. The number of hydrogen-bond acceptors (Lipinski definition) is 7. The third kappa shape index (κ3) is 4.70. The lowest BCUT2D eigenvalue weighted by atomic mass is 9.89. The molecule has 2 unspecified atom stereocenters. The number of ether oxygens (including phenoxy) is 2. The van der Waals surface area contributed by atoms with Crippen LogP contribution in [0.4, 0.5) is 5.69 Å². The minimum absolute atomic E-state index is 0.00274. The first kappa shape index (κ1) is 21.8. The van der Waals surface area contributed by atoms with Crippen molar-refractivity contribution in [2.75, 3.05) is 58.7 Å². The van der Waals surface area contributed by atoms with E-state index >= 15 is 0 Å². The quantitative estimate of drug-likeness (QED) is 0.685. The number of nitrogens with zero attached hydrogens (tertiary/aromatic N) is 3. The molecule has 174 valence electrons. The van der Waals surface area contributed by atoms with Crippen molar-refractivity contribution in [1.29, 1.82) is 0 Å². The Hall–Kier alpha value is -3.03. The second kappa shape index (κ2) is 9.45. The molecule has 2 N–H and O–H groups in total. The number of oxime groups is 1. The average Bonchev–Trinajstić information content (AvgIpc) is 3.23. The fourth-order valence-electron chi connectivity index (χ4n) is 4.91. The van der Waals surface area contributed by atoms with E-state index in [-0.39, 0.29) is 12.0 Å². The van der Waals surface area contributed by atoms with Crippen molar-refractivity contribution < 1.29 is 14.3 Å². The summed E-state index contributed by atoms with van der Waals surface area (Å²) in [6.45, 7) is 8.82. The van der Waals surface area contributed by atoms with E-state index in [9.17, 15) is 0 Å². The number of anilines is 1. The Bertz CT molecular complexity index is 1050. The number of hydrogen-bond donors (Lipinski definition) is 1. The molecule has 0 radical (unpaired) electrons. The molecule has 5 rings (SSSR count). The van der Waals surface area contributed by atoms with Crippen LogP contribution in [-0.4, -0.2) is 74.6 Å². The van der Waals surface area contributed by atoms with Crippen molar-refractivity contribution in [2.24, 2.45) is 11.1 Å². The summed E-state index contributed by atoms with van der Waals surface area (Å²) in [6.07, 6.45) is 2.28. The van der Waals surface area contributed by atoms with E-state index in [1.54, 1.807) is 7.11 Å². The highest BCUT2D eigenvalue weighted by molar-refractivity contribution is 6.07. The van der Waals surface area contributed by atoms with Gasteiger partial charge < -0.3 is 20.0 Å². The lowest BCUT2D eigenvalue weighted by Gasteiger charge is -2.36. The van der Waals surface area contributed by atoms with Gasteiger partial charge in [-0.15, -0.1) is 0 Å². The molecule has 0 saturated carbocycles. The van der Waals surface area contributed by atoms with Gasteiger partial charge in [-0.05, 0) is 18.6 Å². The van der Waals surface area contributed by atoms with Crippen LogP contribution in [0.5, 0.6) is 11.5 Å². The molecule has 1 fully saturated rings. The van der Waals surface area contributed by atoms with Crippen molar-refractivity contribution in [3.63, 3.8) is 0 Å². The molecule has 2 atom stereocenters. The summed E-state index contributed by atoms with van der Waals surface area (Å²) in [5, 5.41) is 4.44. The first-order valence-electron chi connectivity index (χ1n) is 11.6. The summed E-state index contributed by atoms with van der Waals surface area (Å²) in [4.78, 5) is 10.9. The van der Waals surface area contributed by atoms with Gasteiger partial charge in [0.1, 0.15) is 23.8 Å². The topological polar surface area (TPSA) is 72.5 Å². The summed E-state index contributed by atoms with van der Waals surface area (Å²) in [6, 6.07) is 14.2. The summed E-state index contributed by atoms with van der Waals surface area (Å²) in [5.41, 5.74) is 11.1. The predicted molar refractivity (Wildman–Crippen MR) is 131 cm³/mol. The molecule has 0 amide bonds. The zero-order chi connectivity index (χ0) is 22.8. The number of fused-ring (bicyclic) bond motifs is 3. The second-order valence-electron chi connectivity index (χ2n) is 9.11. The maximum atomic E-state index is 6.03. The molecule has 0 bridgehead atoms. The van der Waals surface area contributed by atoms with Crippen LogP contribution in [-0.2, 0) is 4.84 Å². The molecule has 7 nitrogen and oxygen atoms in total. The van der Waals surface area contributed by atoms with Gasteiger partial charge in [-0.2, -0.15) is 0 Å². The molecule has 3 aliphatic rings. The number of piperazine rings is 1. The SMILES string of the molecule is COc1cc2c(cc1N)OCC1C2=NOC1CN1CCN(C/C(C)=C/c2ccccc2)CC1. The molecule has 2 aromatic rings. The molecule has 3 heterocycles. The van der Waals surface area contributed by atoms with E-state index in [4.69, 9.17) is 20.0 Å². The van der Waals surface area contributed by atoms with Crippen LogP contribution >= 0.6 is 0 Å². The van der Waals surface area contributed by atoms with E-state index in [1.807, 2.05) is 12.1 Å². The molecule has 0 spiro atoms. The van der Waals surface area contributed by atoms with Crippen molar-refractivity contribution in [3.8, 4) is 11.5 Å². The molecule has 2 aromatic carbocycles. The maximum Gasteiger partial charge on any atom is 0.151 e. The summed E-state index contributed by atoms with van der Waals surface area (Å²) >= 11 is 0. The van der Waals surface area contributed by atoms with Gasteiger partial charge in [-0.25, -0.2) is 0 Å². The number of benzene rings is 2. The molecular formula is C26H32N4O3. The summed E-state index contributed by atoms with van der Waals surface area (Å²) in [7, 11) is 1.62. The van der Waals surface area contributed by atoms with E-state index in [0.717, 1.165) is 56.3 Å². The van der Waals surface area contributed by atoms with Gasteiger partial charge in [0.05, 0.1) is 18.7 Å². The molecule has 1 saturated heterocycles. The zero-order valence-corrected chi connectivity index (χ0v) is 19.4. The Balaban J connectivity index is 1.15. The van der Waals surface area contributed by atoms with Gasteiger partial charge in [0.15, 0.2) is 6.10 Å². The van der Waals surface area contributed by atoms with Crippen LogP contribution in [0.15, 0.2) is 53.2 Å². The van der Waals surface area contributed by atoms with Crippen LogP contribution < -0.4 is 15.2 Å². The van der Waals surface area contributed by atoms with E-state index in [1.165, 1.54) is 11.1 Å². The molecule has 0 aromatic heterocycles. The average molecular weight is 449 g/mol. The maximum absolute atomic E-state index is 6.03. The van der Waals surface area contributed by atoms with E-state index < -0.39 is 0 Å². The molecule has 33 heavy (non-hydrogen) atoms. The Morgan fingerprint density at radius 3 is 2.67 bits per heavy atom. The van der Waals surface area contributed by atoms with Crippen molar-refractivity contribution >= 4 is 17.5 Å². The first-order valence-corrected chi connectivity index (χ1v) is 11.6. The Labute approximate surface area is 195 Å². The van der Waals surface area contributed by atoms with E-state index in [2.05, 4.69) is 58.3 Å². The summed E-state index contributed by atoms with van der Waals surface area (Å²) < 4.78 is 11.4. The number of methoxy groups -OCH3 is 1. The van der Waals surface area contributed by atoms with Gasteiger partial charge >= 0.3 is 0 Å². The minimum atomic E-state index is 0.00274. The minimum Gasteiger partial charge on any atom is -0.495 e. The molecular weight excluding hydrogens is 416 g/mol. The number of nitrogens with two attached hydrogens (primary N) is 1. The fourth-order valence-corrected chi connectivity index (χ4v) is 4.91. The normalized spacial score (nSPS) is 23.2. The fraction of sp³-hybridized carbons (Fsp3) is 0.423. The first-order chi connectivity index (χ1) is 16.1. The Morgan fingerprint density at radius 2 is 1.91 bits per heavy atom. The monoisotopic (exact) mass is 448 g/mol. The van der Waals surface area contributed by atoms with Crippen LogP contribution in [0.2, 0.25) is 0 Å². The third-order valence-electron chi connectivity index (χ3n) is 6.70. The highest BCUT2D eigenvalue weighted by atomic mass is 16.6.